The number of carbonyl (C=O) groups excluding carboxylic acids is 2. The van der Waals surface area contributed by atoms with Gasteiger partial charge in [-0.05, 0) is 48.9 Å². The van der Waals surface area contributed by atoms with Gasteiger partial charge in [-0.25, -0.2) is 4.98 Å². The highest BCUT2D eigenvalue weighted by Crippen LogP contribution is 2.22. The van der Waals surface area contributed by atoms with Crippen molar-refractivity contribution in [3.63, 3.8) is 0 Å². The van der Waals surface area contributed by atoms with E-state index < -0.39 is 5.91 Å². The highest BCUT2D eigenvalue weighted by atomic mass is 16.5. The fourth-order valence-electron chi connectivity index (χ4n) is 4.11. The van der Waals surface area contributed by atoms with Crippen molar-refractivity contribution in [3.05, 3.63) is 89.6 Å². The molecule has 0 spiro atoms. The average Bonchev–Trinajstić information content (AvgIpc) is 2.89. The molecular formula is C27H30N4O3. The number of carbonyl (C=O) groups is 2. The summed E-state index contributed by atoms with van der Waals surface area (Å²) >= 11 is 0. The van der Waals surface area contributed by atoms with Crippen LogP contribution >= 0.6 is 0 Å². The minimum absolute atomic E-state index is 0.00392. The van der Waals surface area contributed by atoms with Gasteiger partial charge < -0.3 is 15.4 Å². The number of rotatable bonds is 10. The first kappa shape index (κ1) is 23.4. The highest BCUT2D eigenvalue weighted by Gasteiger charge is 2.19. The first-order valence-electron chi connectivity index (χ1n) is 11.6. The smallest absolute Gasteiger partial charge is 0.252 e. The summed E-state index contributed by atoms with van der Waals surface area (Å²) in [5, 5.41) is 0. The molecular weight excluding hydrogens is 428 g/mol. The van der Waals surface area contributed by atoms with Crippen molar-refractivity contribution in [1.82, 2.24) is 9.88 Å². The first-order valence-corrected chi connectivity index (χ1v) is 11.6. The van der Waals surface area contributed by atoms with Crippen LogP contribution in [-0.2, 0) is 6.61 Å². The Labute approximate surface area is 200 Å². The van der Waals surface area contributed by atoms with E-state index in [1.165, 1.54) is 0 Å². The molecule has 0 radical (unpaired) electrons. The SMILES string of the molecule is NC(=O)c1cc(C(=O)CCCN2CCN(c3ccccn3)CC2)ccc1OCc1ccccc1. The number of ketones is 1. The Hall–Kier alpha value is -3.71. The Bertz CT molecular complexity index is 1100. The summed E-state index contributed by atoms with van der Waals surface area (Å²) in [7, 11) is 0. The molecule has 3 aromatic rings. The third-order valence-corrected chi connectivity index (χ3v) is 6.03. The number of hydrogen-bond donors (Lipinski definition) is 1. The molecule has 2 N–H and O–H groups in total. The van der Waals surface area contributed by atoms with Crippen molar-refractivity contribution in [1.29, 1.82) is 0 Å². The molecule has 1 aromatic heterocycles. The maximum atomic E-state index is 12.8. The third kappa shape index (κ3) is 6.20. The van der Waals surface area contributed by atoms with E-state index in [-0.39, 0.29) is 11.3 Å². The summed E-state index contributed by atoms with van der Waals surface area (Å²) in [6.07, 6.45) is 3.00. The molecule has 1 fully saturated rings. The molecule has 1 amide bonds. The first-order chi connectivity index (χ1) is 16.6. The fraction of sp³-hybridized carbons (Fsp3) is 0.296. The number of aromatic nitrogens is 1. The monoisotopic (exact) mass is 458 g/mol. The lowest BCUT2D eigenvalue weighted by atomic mass is 10.0. The van der Waals surface area contributed by atoms with Crippen molar-refractivity contribution in [2.45, 2.75) is 19.4 Å². The van der Waals surface area contributed by atoms with Gasteiger partial charge >= 0.3 is 0 Å². The van der Waals surface area contributed by atoms with E-state index in [0.717, 1.165) is 50.5 Å². The molecule has 0 saturated carbocycles. The van der Waals surface area contributed by atoms with Crippen LogP contribution in [0.1, 0.15) is 39.1 Å². The quantitative estimate of drug-likeness (QED) is 0.468. The third-order valence-electron chi connectivity index (χ3n) is 6.03. The summed E-state index contributed by atoms with van der Waals surface area (Å²) in [5.74, 6) is 0.796. The van der Waals surface area contributed by atoms with Crippen LogP contribution < -0.4 is 15.4 Å². The Morgan fingerprint density at radius 2 is 1.71 bits per heavy atom. The Morgan fingerprint density at radius 3 is 2.41 bits per heavy atom. The van der Waals surface area contributed by atoms with E-state index in [4.69, 9.17) is 10.5 Å². The summed E-state index contributed by atoms with van der Waals surface area (Å²) < 4.78 is 5.79. The van der Waals surface area contributed by atoms with E-state index in [1.54, 1.807) is 18.2 Å². The van der Waals surface area contributed by atoms with Crippen LogP contribution in [-0.4, -0.2) is 54.3 Å². The van der Waals surface area contributed by atoms with Crippen LogP contribution in [0.2, 0.25) is 0 Å². The predicted molar refractivity (Wildman–Crippen MR) is 132 cm³/mol. The number of hydrogen-bond acceptors (Lipinski definition) is 6. The second kappa shape index (κ2) is 11.4. The molecule has 0 aliphatic carbocycles. The summed E-state index contributed by atoms with van der Waals surface area (Å²) in [6.45, 7) is 4.94. The molecule has 1 aliphatic heterocycles. The number of piperazine rings is 1. The molecule has 2 heterocycles. The van der Waals surface area contributed by atoms with Gasteiger partial charge in [-0.1, -0.05) is 36.4 Å². The second-order valence-electron chi connectivity index (χ2n) is 8.39. The number of ether oxygens (including phenoxy) is 1. The number of anilines is 1. The van der Waals surface area contributed by atoms with Gasteiger partial charge in [-0.2, -0.15) is 0 Å². The normalized spacial score (nSPS) is 14.1. The summed E-state index contributed by atoms with van der Waals surface area (Å²) in [4.78, 5) is 33.8. The topological polar surface area (TPSA) is 88.8 Å². The van der Waals surface area contributed by atoms with Gasteiger partial charge in [0.2, 0.25) is 0 Å². The van der Waals surface area contributed by atoms with Crippen molar-refractivity contribution in [2.75, 3.05) is 37.6 Å². The molecule has 1 saturated heterocycles. The molecule has 1 aliphatic rings. The van der Waals surface area contributed by atoms with Crippen LogP contribution in [0.15, 0.2) is 72.9 Å². The minimum Gasteiger partial charge on any atom is -0.488 e. The minimum atomic E-state index is -0.608. The van der Waals surface area contributed by atoms with E-state index in [2.05, 4.69) is 14.8 Å². The van der Waals surface area contributed by atoms with Crippen LogP contribution in [0, 0.1) is 0 Å². The van der Waals surface area contributed by atoms with E-state index >= 15 is 0 Å². The van der Waals surface area contributed by atoms with Crippen molar-refractivity contribution < 1.29 is 14.3 Å². The molecule has 4 rings (SSSR count). The Morgan fingerprint density at radius 1 is 0.941 bits per heavy atom. The molecule has 34 heavy (non-hydrogen) atoms. The zero-order valence-electron chi connectivity index (χ0n) is 19.2. The van der Waals surface area contributed by atoms with Crippen LogP contribution in [0.25, 0.3) is 0 Å². The average molecular weight is 459 g/mol. The van der Waals surface area contributed by atoms with E-state index in [9.17, 15) is 9.59 Å². The van der Waals surface area contributed by atoms with Gasteiger partial charge in [0.25, 0.3) is 5.91 Å². The largest absolute Gasteiger partial charge is 0.488 e. The lowest BCUT2D eigenvalue weighted by Crippen LogP contribution is -2.46. The predicted octanol–water partition coefficient (Wildman–Crippen LogP) is 3.54. The number of amides is 1. The standard InChI is InChI=1S/C27H30N4O3/c28-27(33)23-19-22(11-12-25(23)34-20-21-7-2-1-3-8-21)24(32)9-6-14-30-15-17-31(18-16-30)26-10-4-5-13-29-26/h1-5,7-8,10-13,19H,6,9,14-18,20H2,(H2,28,33). The molecule has 7 heteroatoms. The van der Waals surface area contributed by atoms with Crippen molar-refractivity contribution in [2.24, 2.45) is 5.73 Å². The second-order valence-corrected chi connectivity index (χ2v) is 8.39. The van der Waals surface area contributed by atoms with Gasteiger partial charge in [-0.15, -0.1) is 0 Å². The lowest BCUT2D eigenvalue weighted by Gasteiger charge is -2.35. The van der Waals surface area contributed by atoms with E-state index in [1.807, 2.05) is 54.7 Å². The van der Waals surface area contributed by atoms with Gasteiger partial charge in [0.15, 0.2) is 5.78 Å². The highest BCUT2D eigenvalue weighted by molar-refractivity contribution is 6.01. The number of primary amides is 1. The number of Topliss-reactive ketones (excluding diaryl/α,β-unsaturated/α-hetero) is 1. The van der Waals surface area contributed by atoms with Gasteiger partial charge in [0.05, 0.1) is 5.56 Å². The maximum absolute atomic E-state index is 12.8. The number of benzene rings is 2. The van der Waals surface area contributed by atoms with Crippen LogP contribution in [0.4, 0.5) is 5.82 Å². The van der Waals surface area contributed by atoms with Crippen LogP contribution in [0.3, 0.4) is 0 Å². The number of pyridine rings is 1. The van der Waals surface area contributed by atoms with Crippen LogP contribution in [0.5, 0.6) is 5.75 Å². The summed E-state index contributed by atoms with van der Waals surface area (Å²) in [6, 6.07) is 20.6. The molecule has 0 unspecified atom stereocenters. The molecule has 2 aromatic carbocycles. The zero-order chi connectivity index (χ0) is 23.8. The van der Waals surface area contributed by atoms with Gasteiger partial charge in [0, 0.05) is 44.4 Å². The van der Waals surface area contributed by atoms with Gasteiger partial charge in [-0.3, -0.25) is 14.5 Å². The number of nitrogens with two attached hydrogens (primary N) is 1. The molecule has 176 valence electrons. The van der Waals surface area contributed by atoms with Crippen molar-refractivity contribution >= 4 is 17.5 Å². The van der Waals surface area contributed by atoms with E-state index in [0.29, 0.717) is 24.3 Å². The molecule has 0 bridgehead atoms. The van der Waals surface area contributed by atoms with Gasteiger partial charge in [0.1, 0.15) is 18.2 Å². The number of nitrogens with zero attached hydrogens (tertiary/aromatic N) is 3. The molecule has 7 nitrogen and oxygen atoms in total. The Balaban J connectivity index is 1.26. The lowest BCUT2D eigenvalue weighted by molar-refractivity contribution is 0.0974. The van der Waals surface area contributed by atoms with Crippen molar-refractivity contribution in [3.8, 4) is 5.75 Å². The zero-order valence-corrected chi connectivity index (χ0v) is 19.2. The fourth-order valence-corrected chi connectivity index (χ4v) is 4.11. The maximum Gasteiger partial charge on any atom is 0.252 e. The Kier molecular flexibility index (Phi) is 7.88. The molecule has 0 atom stereocenters. The summed E-state index contributed by atoms with van der Waals surface area (Å²) in [5.41, 5.74) is 7.26.